The van der Waals surface area contributed by atoms with Crippen molar-refractivity contribution in [3.8, 4) is 0 Å². The summed E-state index contributed by atoms with van der Waals surface area (Å²) < 4.78 is 5.06. The van der Waals surface area contributed by atoms with Crippen molar-refractivity contribution in [2.45, 2.75) is 19.8 Å². The van der Waals surface area contributed by atoms with Gasteiger partial charge in [0.05, 0.1) is 12.2 Å². The molecule has 108 valence electrons. The molecule has 0 spiro atoms. The Hall–Kier alpha value is -2.56. The molecule has 0 saturated heterocycles. The number of anilines is 2. The molecule has 2 N–H and O–H groups in total. The van der Waals surface area contributed by atoms with Crippen LogP contribution in [0.4, 0.5) is 11.4 Å². The smallest absolute Gasteiger partial charge is 0.291 e. The minimum atomic E-state index is -0.307. The first-order valence-corrected chi connectivity index (χ1v) is 6.86. The van der Waals surface area contributed by atoms with Gasteiger partial charge in [-0.1, -0.05) is 13.8 Å². The van der Waals surface area contributed by atoms with Crippen molar-refractivity contribution in [3.63, 3.8) is 0 Å². The molecule has 0 saturated carbocycles. The van der Waals surface area contributed by atoms with Crippen LogP contribution in [-0.4, -0.2) is 11.8 Å². The maximum absolute atomic E-state index is 12.0. The molecule has 1 aromatic heterocycles. The fourth-order valence-corrected chi connectivity index (χ4v) is 2.63. The highest BCUT2D eigenvalue weighted by atomic mass is 16.3. The van der Waals surface area contributed by atoms with Gasteiger partial charge in [-0.05, 0) is 41.8 Å². The van der Waals surface area contributed by atoms with E-state index in [-0.39, 0.29) is 29.4 Å². The highest BCUT2D eigenvalue weighted by Gasteiger charge is 2.33. The third kappa shape index (κ3) is 2.42. The molecule has 2 amide bonds. The van der Waals surface area contributed by atoms with Crippen LogP contribution in [0.2, 0.25) is 0 Å². The number of rotatable bonds is 3. The van der Waals surface area contributed by atoms with E-state index in [9.17, 15) is 9.59 Å². The van der Waals surface area contributed by atoms with Crippen LogP contribution in [0.25, 0.3) is 0 Å². The molecule has 3 rings (SSSR count). The minimum Gasteiger partial charge on any atom is -0.459 e. The molecule has 5 heteroatoms. The number of hydrogen-bond donors (Lipinski definition) is 2. The van der Waals surface area contributed by atoms with Crippen LogP contribution in [0.5, 0.6) is 0 Å². The topological polar surface area (TPSA) is 71.3 Å². The summed E-state index contributed by atoms with van der Waals surface area (Å²) in [5.41, 5.74) is 2.39. The fraction of sp³-hybridized carbons (Fsp3) is 0.250. The number of carbonyl (C=O) groups excluding carboxylic acids is 2. The predicted molar refractivity (Wildman–Crippen MR) is 79.3 cm³/mol. The second-order valence-corrected chi connectivity index (χ2v) is 5.44. The van der Waals surface area contributed by atoms with E-state index in [1.807, 2.05) is 26.0 Å². The first-order chi connectivity index (χ1) is 10.1. The maximum Gasteiger partial charge on any atom is 0.291 e. The Balaban J connectivity index is 1.87. The summed E-state index contributed by atoms with van der Waals surface area (Å²) in [6.07, 6.45) is 1.45. The van der Waals surface area contributed by atoms with Crippen molar-refractivity contribution in [1.29, 1.82) is 0 Å². The Bertz CT molecular complexity index is 690. The van der Waals surface area contributed by atoms with E-state index in [1.165, 1.54) is 6.26 Å². The lowest BCUT2D eigenvalue weighted by molar-refractivity contribution is -0.117. The van der Waals surface area contributed by atoms with Gasteiger partial charge in [0.15, 0.2) is 5.76 Å². The molecule has 0 radical (unpaired) electrons. The number of benzene rings is 1. The monoisotopic (exact) mass is 284 g/mol. The van der Waals surface area contributed by atoms with Gasteiger partial charge in [0.2, 0.25) is 5.91 Å². The van der Waals surface area contributed by atoms with Crippen molar-refractivity contribution < 1.29 is 14.0 Å². The van der Waals surface area contributed by atoms with E-state index >= 15 is 0 Å². The Kier molecular flexibility index (Phi) is 3.25. The average molecular weight is 284 g/mol. The number of carbonyl (C=O) groups is 2. The molecule has 0 bridgehead atoms. The zero-order valence-corrected chi connectivity index (χ0v) is 11.8. The Morgan fingerprint density at radius 3 is 2.81 bits per heavy atom. The van der Waals surface area contributed by atoms with Crippen LogP contribution < -0.4 is 10.6 Å². The molecule has 2 aromatic rings. The summed E-state index contributed by atoms with van der Waals surface area (Å²) in [7, 11) is 0. The van der Waals surface area contributed by atoms with E-state index in [0.29, 0.717) is 5.69 Å². The van der Waals surface area contributed by atoms with Gasteiger partial charge in [-0.2, -0.15) is 0 Å². The Labute approximate surface area is 122 Å². The van der Waals surface area contributed by atoms with Gasteiger partial charge in [0.1, 0.15) is 0 Å². The fourth-order valence-electron chi connectivity index (χ4n) is 2.63. The summed E-state index contributed by atoms with van der Waals surface area (Å²) in [4.78, 5) is 23.9. The summed E-state index contributed by atoms with van der Waals surface area (Å²) >= 11 is 0. The normalized spacial score (nSPS) is 16.7. The number of hydrogen-bond acceptors (Lipinski definition) is 3. The number of amides is 2. The van der Waals surface area contributed by atoms with Gasteiger partial charge in [0, 0.05) is 11.4 Å². The quantitative estimate of drug-likeness (QED) is 0.909. The summed E-state index contributed by atoms with van der Waals surface area (Å²) in [5, 5.41) is 5.64. The van der Waals surface area contributed by atoms with Crippen LogP contribution in [0.3, 0.4) is 0 Å². The molecule has 1 aromatic carbocycles. The predicted octanol–water partition coefficient (Wildman–Crippen LogP) is 3.22. The molecule has 1 aliphatic rings. The molecule has 1 aliphatic heterocycles. The Morgan fingerprint density at radius 2 is 2.14 bits per heavy atom. The highest BCUT2D eigenvalue weighted by Crippen LogP contribution is 2.38. The molecule has 5 nitrogen and oxygen atoms in total. The van der Waals surface area contributed by atoms with Gasteiger partial charge in [0.25, 0.3) is 5.91 Å². The van der Waals surface area contributed by atoms with Gasteiger partial charge in [-0.25, -0.2) is 0 Å². The lowest BCUT2D eigenvalue weighted by atomic mass is 9.89. The van der Waals surface area contributed by atoms with Crippen LogP contribution in [0, 0.1) is 5.92 Å². The third-order valence-electron chi connectivity index (χ3n) is 3.60. The molecule has 0 aliphatic carbocycles. The lowest BCUT2D eigenvalue weighted by Gasteiger charge is -2.13. The second kappa shape index (κ2) is 5.09. The number of nitrogens with one attached hydrogen (secondary N) is 2. The van der Waals surface area contributed by atoms with Crippen LogP contribution in [0.1, 0.15) is 35.9 Å². The Morgan fingerprint density at radius 1 is 1.33 bits per heavy atom. The third-order valence-corrected chi connectivity index (χ3v) is 3.60. The summed E-state index contributed by atoms with van der Waals surface area (Å²) in [6.45, 7) is 4.01. The van der Waals surface area contributed by atoms with Crippen LogP contribution >= 0.6 is 0 Å². The van der Waals surface area contributed by atoms with Crippen LogP contribution in [0.15, 0.2) is 41.0 Å². The van der Waals surface area contributed by atoms with E-state index in [4.69, 9.17) is 4.42 Å². The zero-order valence-electron chi connectivity index (χ0n) is 11.8. The van der Waals surface area contributed by atoms with Crippen molar-refractivity contribution >= 4 is 23.2 Å². The molecular formula is C16H16N2O3. The van der Waals surface area contributed by atoms with Gasteiger partial charge in [-0.3, -0.25) is 9.59 Å². The second-order valence-electron chi connectivity index (χ2n) is 5.44. The van der Waals surface area contributed by atoms with Gasteiger partial charge >= 0.3 is 0 Å². The van der Waals surface area contributed by atoms with Crippen LogP contribution in [-0.2, 0) is 4.79 Å². The standard InChI is InChI=1S/C16H16N2O3/c1-9(2)14-11-8-10(5-6-12(11)18-16(14)20)17-15(19)13-4-3-7-21-13/h3-9,14H,1-2H3,(H,17,19)(H,18,20). The van der Waals surface area contributed by atoms with Crippen molar-refractivity contribution in [2.24, 2.45) is 5.92 Å². The molecule has 21 heavy (non-hydrogen) atoms. The van der Waals surface area contributed by atoms with E-state index < -0.39 is 0 Å². The zero-order chi connectivity index (χ0) is 15.0. The summed E-state index contributed by atoms with van der Waals surface area (Å²) in [6, 6.07) is 8.69. The average Bonchev–Trinajstić information content (AvgIpc) is 3.04. The molecule has 1 atom stereocenters. The number of fused-ring (bicyclic) bond motifs is 1. The van der Waals surface area contributed by atoms with Crippen molar-refractivity contribution in [2.75, 3.05) is 10.6 Å². The largest absolute Gasteiger partial charge is 0.459 e. The molecule has 1 unspecified atom stereocenters. The van der Waals surface area contributed by atoms with Gasteiger partial charge < -0.3 is 15.1 Å². The SMILES string of the molecule is CC(C)C1C(=O)Nc2ccc(NC(=O)c3ccco3)cc21. The molecular weight excluding hydrogens is 268 g/mol. The van der Waals surface area contributed by atoms with Crippen molar-refractivity contribution in [3.05, 3.63) is 47.9 Å². The maximum atomic E-state index is 12.0. The minimum absolute atomic E-state index is 0.00881. The van der Waals surface area contributed by atoms with E-state index in [2.05, 4.69) is 10.6 Å². The number of furan rings is 1. The molecule has 0 fully saturated rings. The lowest BCUT2D eigenvalue weighted by Crippen LogP contribution is -2.17. The first-order valence-electron chi connectivity index (χ1n) is 6.86. The molecule has 2 heterocycles. The van der Waals surface area contributed by atoms with E-state index in [1.54, 1.807) is 18.2 Å². The summed E-state index contributed by atoms with van der Waals surface area (Å²) in [5.74, 6) is -0.0271. The van der Waals surface area contributed by atoms with Crippen molar-refractivity contribution in [1.82, 2.24) is 0 Å². The first kappa shape index (κ1) is 13.4. The van der Waals surface area contributed by atoms with Gasteiger partial charge in [-0.15, -0.1) is 0 Å². The highest BCUT2D eigenvalue weighted by molar-refractivity contribution is 6.05. The van der Waals surface area contributed by atoms with E-state index in [0.717, 1.165) is 11.3 Å².